The molecule has 15 heavy (non-hydrogen) atoms. The van der Waals surface area contributed by atoms with E-state index in [1.54, 1.807) is 0 Å². The van der Waals surface area contributed by atoms with E-state index in [0.717, 1.165) is 31.1 Å². The third kappa shape index (κ3) is 3.46. The average molecular weight is 211 g/mol. The van der Waals surface area contributed by atoms with Crippen molar-refractivity contribution < 1.29 is 4.74 Å². The van der Waals surface area contributed by atoms with Gasteiger partial charge in [-0.3, -0.25) is 0 Å². The molecule has 0 bridgehead atoms. The summed E-state index contributed by atoms with van der Waals surface area (Å²) >= 11 is 0. The molecule has 0 atom stereocenters. The molecule has 2 aliphatic rings. The molecule has 0 spiro atoms. The molecule has 1 aliphatic heterocycles. The summed E-state index contributed by atoms with van der Waals surface area (Å²) in [6.45, 7) is 2.02. The maximum atomic E-state index is 5.41. The quantitative estimate of drug-likeness (QED) is 0.774. The first kappa shape index (κ1) is 11.4. The van der Waals surface area contributed by atoms with Crippen molar-refractivity contribution in [2.75, 3.05) is 20.3 Å². The molecule has 0 unspecified atom stereocenters. The monoisotopic (exact) mass is 211 g/mol. The molecule has 0 aromatic carbocycles. The molecule has 0 amide bonds. The molecule has 1 heterocycles. The van der Waals surface area contributed by atoms with Gasteiger partial charge in [-0.15, -0.1) is 0 Å². The summed E-state index contributed by atoms with van der Waals surface area (Å²) < 4.78 is 5.41. The lowest BCUT2D eigenvalue weighted by molar-refractivity contribution is 0.0556. The van der Waals surface area contributed by atoms with Gasteiger partial charge in [-0.25, -0.2) is 0 Å². The second kappa shape index (κ2) is 5.86. The summed E-state index contributed by atoms with van der Waals surface area (Å²) in [5.41, 5.74) is 0. The van der Waals surface area contributed by atoms with Gasteiger partial charge in [0.05, 0.1) is 0 Å². The third-order valence-corrected chi connectivity index (χ3v) is 4.26. The summed E-state index contributed by atoms with van der Waals surface area (Å²) in [6, 6.07) is 0.802. The predicted molar refractivity (Wildman–Crippen MR) is 63.0 cm³/mol. The van der Waals surface area contributed by atoms with Crippen LogP contribution in [0.5, 0.6) is 0 Å². The molecule has 0 aromatic heterocycles. The largest absolute Gasteiger partial charge is 0.381 e. The van der Waals surface area contributed by atoms with Crippen LogP contribution < -0.4 is 5.32 Å². The zero-order valence-corrected chi connectivity index (χ0v) is 10.0. The predicted octanol–water partition coefficient (Wildman–Crippen LogP) is 2.58. The van der Waals surface area contributed by atoms with Gasteiger partial charge in [0.1, 0.15) is 0 Å². The van der Waals surface area contributed by atoms with Crippen molar-refractivity contribution in [2.45, 2.75) is 51.0 Å². The standard InChI is InChI=1S/C13H25NO/c1-14-13-4-2-11(3-5-13)10-12-6-8-15-9-7-12/h11-14H,2-10H2,1H3. The molecule has 0 radical (unpaired) electrons. The van der Waals surface area contributed by atoms with Crippen molar-refractivity contribution in [1.82, 2.24) is 5.32 Å². The highest BCUT2D eigenvalue weighted by Gasteiger charge is 2.23. The lowest BCUT2D eigenvalue weighted by Crippen LogP contribution is -2.31. The van der Waals surface area contributed by atoms with Crippen molar-refractivity contribution in [3.63, 3.8) is 0 Å². The second-order valence-corrected chi connectivity index (χ2v) is 5.30. The molecule has 1 N–H and O–H groups in total. The van der Waals surface area contributed by atoms with Gasteiger partial charge in [0, 0.05) is 19.3 Å². The smallest absolute Gasteiger partial charge is 0.0468 e. The third-order valence-electron chi connectivity index (χ3n) is 4.26. The van der Waals surface area contributed by atoms with Crippen molar-refractivity contribution in [2.24, 2.45) is 11.8 Å². The Balaban J connectivity index is 1.67. The first-order valence-corrected chi connectivity index (χ1v) is 6.63. The zero-order chi connectivity index (χ0) is 10.5. The van der Waals surface area contributed by atoms with Gasteiger partial charge in [0.15, 0.2) is 0 Å². The van der Waals surface area contributed by atoms with Crippen LogP contribution in [0.25, 0.3) is 0 Å². The van der Waals surface area contributed by atoms with Gasteiger partial charge in [0.2, 0.25) is 0 Å². The number of nitrogens with one attached hydrogen (secondary N) is 1. The van der Waals surface area contributed by atoms with Gasteiger partial charge < -0.3 is 10.1 Å². The van der Waals surface area contributed by atoms with E-state index < -0.39 is 0 Å². The zero-order valence-electron chi connectivity index (χ0n) is 10.0. The van der Waals surface area contributed by atoms with Crippen LogP contribution >= 0.6 is 0 Å². The Kier molecular flexibility index (Phi) is 4.45. The van der Waals surface area contributed by atoms with Gasteiger partial charge in [-0.1, -0.05) is 0 Å². The fourth-order valence-corrected chi connectivity index (χ4v) is 3.14. The normalized spacial score (nSPS) is 34.2. The number of hydrogen-bond donors (Lipinski definition) is 1. The molecule has 1 aliphatic carbocycles. The van der Waals surface area contributed by atoms with Crippen LogP contribution in [0.2, 0.25) is 0 Å². The maximum Gasteiger partial charge on any atom is 0.0468 e. The number of hydrogen-bond acceptors (Lipinski definition) is 2. The topological polar surface area (TPSA) is 21.3 Å². The van der Waals surface area contributed by atoms with Crippen molar-refractivity contribution in [1.29, 1.82) is 0 Å². The summed E-state index contributed by atoms with van der Waals surface area (Å²) in [4.78, 5) is 0. The fraction of sp³-hybridized carbons (Fsp3) is 1.00. The van der Waals surface area contributed by atoms with E-state index in [2.05, 4.69) is 12.4 Å². The van der Waals surface area contributed by atoms with E-state index >= 15 is 0 Å². The van der Waals surface area contributed by atoms with Crippen LogP contribution in [0.3, 0.4) is 0 Å². The van der Waals surface area contributed by atoms with Crippen LogP contribution in [0, 0.1) is 11.8 Å². The van der Waals surface area contributed by atoms with Crippen LogP contribution in [0.4, 0.5) is 0 Å². The van der Waals surface area contributed by atoms with E-state index in [1.165, 1.54) is 44.9 Å². The average Bonchev–Trinajstić information content (AvgIpc) is 2.31. The highest BCUT2D eigenvalue weighted by Crippen LogP contribution is 2.32. The van der Waals surface area contributed by atoms with Gasteiger partial charge in [0.25, 0.3) is 0 Å². The number of rotatable bonds is 3. The van der Waals surface area contributed by atoms with Crippen LogP contribution in [0.15, 0.2) is 0 Å². The van der Waals surface area contributed by atoms with E-state index in [-0.39, 0.29) is 0 Å². The summed E-state index contributed by atoms with van der Waals surface area (Å²) in [5, 5.41) is 3.41. The summed E-state index contributed by atoms with van der Waals surface area (Å²) in [7, 11) is 2.10. The van der Waals surface area contributed by atoms with Gasteiger partial charge >= 0.3 is 0 Å². The Bertz CT molecular complexity index is 169. The maximum absolute atomic E-state index is 5.41. The molecule has 0 aromatic rings. The Labute approximate surface area is 93.8 Å². The molecule has 2 nitrogen and oxygen atoms in total. The Hall–Kier alpha value is -0.0800. The van der Waals surface area contributed by atoms with Crippen molar-refractivity contribution >= 4 is 0 Å². The van der Waals surface area contributed by atoms with Crippen molar-refractivity contribution in [3.05, 3.63) is 0 Å². The van der Waals surface area contributed by atoms with E-state index in [9.17, 15) is 0 Å². The van der Waals surface area contributed by atoms with E-state index in [1.807, 2.05) is 0 Å². The Morgan fingerprint density at radius 3 is 2.13 bits per heavy atom. The molecule has 2 heteroatoms. The number of ether oxygens (including phenoxy) is 1. The Morgan fingerprint density at radius 2 is 1.53 bits per heavy atom. The molecular formula is C13H25NO. The minimum atomic E-state index is 0.802. The molecule has 1 saturated heterocycles. The fourth-order valence-electron chi connectivity index (χ4n) is 3.14. The first-order valence-electron chi connectivity index (χ1n) is 6.63. The highest BCUT2D eigenvalue weighted by molar-refractivity contribution is 4.78. The first-order chi connectivity index (χ1) is 7.38. The molecule has 2 rings (SSSR count). The molecule has 1 saturated carbocycles. The van der Waals surface area contributed by atoms with Crippen LogP contribution in [-0.4, -0.2) is 26.3 Å². The van der Waals surface area contributed by atoms with Crippen LogP contribution in [-0.2, 0) is 4.74 Å². The Morgan fingerprint density at radius 1 is 0.933 bits per heavy atom. The SMILES string of the molecule is CNC1CCC(CC2CCOCC2)CC1. The minimum absolute atomic E-state index is 0.802. The van der Waals surface area contributed by atoms with E-state index in [0.29, 0.717) is 0 Å². The van der Waals surface area contributed by atoms with Gasteiger partial charge in [-0.05, 0) is 63.8 Å². The summed E-state index contributed by atoms with van der Waals surface area (Å²) in [5.74, 6) is 1.98. The molecule has 2 fully saturated rings. The highest BCUT2D eigenvalue weighted by atomic mass is 16.5. The lowest BCUT2D eigenvalue weighted by Gasteiger charge is -2.32. The molecule has 88 valence electrons. The van der Waals surface area contributed by atoms with E-state index in [4.69, 9.17) is 4.74 Å². The summed E-state index contributed by atoms with van der Waals surface area (Å²) in [6.07, 6.45) is 9.78. The van der Waals surface area contributed by atoms with Gasteiger partial charge in [-0.2, -0.15) is 0 Å². The minimum Gasteiger partial charge on any atom is -0.381 e. The lowest BCUT2D eigenvalue weighted by atomic mass is 9.79. The van der Waals surface area contributed by atoms with Crippen LogP contribution in [0.1, 0.15) is 44.9 Å². The second-order valence-electron chi connectivity index (χ2n) is 5.30. The molecular weight excluding hydrogens is 186 g/mol. The van der Waals surface area contributed by atoms with Crippen molar-refractivity contribution in [3.8, 4) is 0 Å².